The molecule has 7 aromatic carbocycles. The fourth-order valence-electron chi connectivity index (χ4n) is 7.22. The minimum absolute atomic E-state index is 0.930. The Labute approximate surface area is 281 Å². The summed E-state index contributed by atoms with van der Waals surface area (Å²) in [5.74, 6) is 1.09. The van der Waals surface area contributed by atoms with Crippen molar-refractivity contribution in [2.75, 3.05) is 4.90 Å². The molecular weight excluding hydrogens is 583 g/mol. The third kappa shape index (κ3) is 4.99. The number of anilines is 3. The fraction of sp³-hybridized carbons (Fsp3) is 0.0435. The van der Waals surface area contributed by atoms with Gasteiger partial charge in [-0.2, -0.15) is 0 Å². The molecule has 0 saturated carbocycles. The molecule has 0 fully saturated rings. The number of rotatable bonds is 6. The summed E-state index contributed by atoms with van der Waals surface area (Å²) < 4.78 is 6.64. The molecule has 1 aromatic heterocycles. The van der Waals surface area contributed by atoms with Crippen LogP contribution in [0.1, 0.15) is 11.3 Å². The normalized spacial score (nSPS) is 12.0. The van der Waals surface area contributed by atoms with Crippen molar-refractivity contribution >= 4 is 28.0 Å². The van der Waals surface area contributed by atoms with Gasteiger partial charge in [0.25, 0.3) is 0 Å². The Bertz CT molecular complexity index is 2370. The summed E-state index contributed by atoms with van der Waals surface area (Å²) in [5.41, 5.74) is 15.3. The molecule has 0 spiro atoms. The maximum Gasteiger partial charge on any atom is 0.142 e. The average Bonchev–Trinajstić information content (AvgIpc) is 3.56. The van der Waals surface area contributed by atoms with E-state index in [1.807, 2.05) is 0 Å². The van der Waals surface area contributed by atoms with E-state index in [0.717, 1.165) is 52.4 Å². The Hall–Kier alpha value is -6.12. The molecule has 0 radical (unpaired) electrons. The van der Waals surface area contributed by atoms with E-state index in [9.17, 15) is 0 Å². The Morgan fingerprint density at radius 1 is 0.396 bits per heavy atom. The highest BCUT2D eigenvalue weighted by molar-refractivity contribution is 6.03. The minimum atomic E-state index is 0.930. The highest BCUT2D eigenvalue weighted by Gasteiger charge is 2.24. The van der Waals surface area contributed by atoms with Crippen LogP contribution < -0.4 is 4.90 Å². The van der Waals surface area contributed by atoms with Crippen molar-refractivity contribution < 1.29 is 4.42 Å². The van der Waals surface area contributed by atoms with Crippen LogP contribution in [0.25, 0.3) is 55.5 Å². The lowest BCUT2D eigenvalue weighted by atomic mass is 9.88. The Morgan fingerprint density at radius 3 is 1.69 bits per heavy atom. The second-order valence-electron chi connectivity index (χ2n) is 12.5. The third-order valence-corrected chi connectivity index (χ3v) is 9.58. The van der Waals surface area contributed by atoms with Gasteiger partial charge in [0.2, 0.25) is 0 Å². The molecular formula is C46H33NO. The van der Waals surface area contributed by atoms with Crippen molar-refractivity contribution in [1.82, 2.24) is 0 Å². The first-order chi connectivity index (χ1) is 23.8. The van der Waals surface area contributed by atoms with Gasteiger partial charge in [-0.15, -0.1) is 0 Å². The lowest BCUT2D eigenvalue weighted by molar-refractivity contribution is 0.546. The molecule has 1 aliphatic carbocycles. The number of nitrogens with zero attached hydrogens (tertiary/aromatic N) is 1. The highest BCUT2D eigenvalue weighted by atomic mass is 16.3. The van der Waals surface area contributed by atoms with Crippen LogP contribution in [0.4, 0.5) is 17.1 Å². The molecule has 48 heavy (non-hydrogen) atoms. The van der Waals surface area contributed by atoms with E-state index in [-0.39, 0.29) is 0 Å². The molecule has 0 bridgehead atoms. The molecule has 1 aliphatic rings. The van der Waals surface area contributed by atoms with E-state index in [4.69, 9.17) is 4.42 Å². The molecule has 228 valence electrons. The molecule has 2 nitrogen and oxygen atoms in total. The molecule has 0 saturated heterocycles. The van der Waals surface area contributed by atoms with E-state index in [1.165, 1.54) is 44.3 Å². The zero-order chi connectivity index (χ0) is 31.9. The van der Waals surface area contributed by atoms with Gasteiger partial charge in [0.15, 0.2) is 0 Å². The topological polar surface area (TPSA) is 16.4 Å². The Kier molecular flexibility index (Phi) is 6.98. The largest absolute Gasteiger partial charge is 0.460 e. The smallest absolute Gasteiger partial charge is 0.142 e. The summed E-state index contributed by atoms with van der Waals surface area (Å²) >= 11 is 0. The third-order valence-electron chi connectivity index (χ3n) is 9.58. The van der Waals surface area contributed by atoms with Crippen LogP contribution in [-0.4, -0.2) is 0 Å². The number of para-hydroxylation sites is 1. The van der Waals surface area contributed by atoms with Gasteiger partial charge >= 0.3 is 0 Å². The number of aryl methyl sites for hydroxylation is 2. The first-order valence-electron chi connectivity index (χ1n) is 16.6. The van der Waals surface area contributed by atoms with Crippen LogP contribution in [-0.2, 0) is 12.8 Å². The first-order valence-corrected chi connectivity index (χ1v) is 16.6. The van der Waals surface area contributed by atoms with Crippen molar-refractivity contribution in [3.63, 3.8) is 0 Å². The van der Waals surface area contributed by atoms with Crippen molar-refractivity contribution in [3.8, 4) is 44.5 Å². The second-order valence-corrected chi connectivity index (χ2v) is 12.5. The van der Waals surface area contributed by atoms with E-state index < -0.39 is 0 Å². The van der Waals surface area contributed by atoms with Crippen LogP contribution in [0.5, 0.6) is 0 Å². The molecule has 0 amide bonds. The second kappa shape index (κ2) is 11.9. The lowest BCUT2D eigenvalue weighted by Gasteiger charge is -2.26. The van der Waals surface area contributed by atoms with E-state index in [2.05, 4.69) is 181 Å². The van der Waals surface area contributed by atoms with Gasteiger partial charge in [-0.1, -0.05) is 140 Å². The summed E-state index contributed by atoms with van der Waals surface area (Å²) in [5, 5.41) is 1.19. The molecule has 0 atom stereocenters. The van der Waals surface area contributed by atoms with Gasteiger partial charge in [-0.05, 0) is 81.8 Å². The minimum Gasteiger partial charge on any atom is -0.460 e. The molecule has 0 unspecified atom stereocenters. The van der Waals surface area contributed by atoms with Gasteiger partial charge in [0.1, 0.15) is 11.3 Å². The predicted molar refractivity (Wildman–Crippen MR) is 200 cm³/mol. The van der Waals surface area contributed by atoms with Crippen LogP contribution >= 0.6 is 0 Å². The maximum absolute atomic E-state index is 6.64. The maximum atomic E-state index is 6.64. The quantitative estimate of drug-likeness (QED) is 0.185. The van der Waals surface area contributed by atoms with Crippen LogP contribution in [0.15, 0.2) is 180 Å². The van der Waals surface area contributed by atoms with E-state index in [0.29, 0.717) is 0 Å². The summed E-state index contributed by atoms with van der Waals surface area (Å²) in [6.07, 6.45) is 1.94. The van der Waals surface area contributed by atoms with Crippen molar-refractivity contribution in [2.24, 2.45) is 0 Å². The zero-order valence-electron chi connectivity index (χ0n) is 26.5. The fourth-order valence-corrected chi connectivity index (χ4v) is 7.22. The number of furan rings is 1. The van der Waals surface area contributed by atoms with Crippen LogP contribution in [0.3, 0.4) is 0 Å². The predicted octanol–water partition coefficient (Wildman–Crippen LogP) is 12.7. The van der Waals surface area contributed by atoms with Gasteiger partial charge < -0.3 is 9.32 Å². The van der Waals surface area contributed by atoms with Gasteiger partial charge in [-0.3, -0.25) is 0 Å². The first kappa shape index (κ1) is 28.1. The van der Waals surface area contributed by atoms with E-state index in [1.54, 1.807) is 0 Å². The standard InChI is InChI=1S/C46H33NO/c1-3-11-32(12-4-1)34-21-26-38(27-22-34)47(40-17-9-16-37(31-40)33-13-5-2-6-14-33)39-28-23-36(24-29-39)42-19-10-20-43-45-41-18-8-7-15-35(41)25-30-44(45)48-46(42)43/h1-24,26-29,31H,25,30H2. The van der Waals surface area contributed by atoms with Gasteiger partial charge in [0, 0.05) is 40.0 Å². The molecule has 0 N–H and O–H groups in total. The van der Waals surface area contributed by atoms with Crippen molar-refractivity contribution in [1.29, 1.82) is 0 Å². The Balaban J connectivity index is 1.13. The van der Waals surface area contributed by atoms with Crippen LogP contribution in [0.2, 0.25) is 0 Å². The summed E-state index contributed by atoms with van der Waals surface area (Å²) in [6, 6.07) is 63.0. The molecule has 0 aliphatic heterocycles. The molecule has 1 heterocycles. The summed E-state index contributed by atoms with van der Waals surface area (Å²) in [6.45, 7) is 0. The zero-order valence-corrected chi connectivity index (χ0v) is 26.5. The summed E-state index contributed by atoms with van der Waals surface area (Å²) in [4.78, 5) is 2.34. The number of fused-ring (bicyclic) bond motifs is 5. The molecule has 2 heteroatoms. The van der Waals surface area contributed by atoms with Crippen molar-refractivity contribution in [2.45, 2.75) is 12.8 Å². The van der Waals surface area contributed by atoms with Crippen LogP contribution in [0, 0.1) is 0 Å². The molecule has 9 rings (SSSR count). The van der Waals surface area contributed by atoms with E-state index >= 15 is 0 Å². The average molecular weight is 616 g/mol. The number of hydrogen-bond donors (Lipinski definition) is 0. The molecule has 8 aromatic rings. The monoisotopic (exact) mass is 615 g/mol. The number of hydrogen-bond acceptors (Lipinski definition) is 2. The Morgan fingerprint density at radius 2 is 0.958 bits per heavy atom. The van der Waals surface area contributed by atoms with Gasteiger partial charge in [-0.25, -0.2) is 0 Å². The summed E-state index contributed by atoms with van der Waals surface area (Å²) in [7, 11) is 0. The van der Waals surface area contributed by atoms with Crippen molar-refractivity contribution in [3.05, 3.63) is 187 Å². The van der Waals surface area contributed by atoms with Gasteiger partial charge in [0.05, 0.1) is 0 Å². The SMILES string of the molecule is c1ccc(-c2ccc(N(c3ccc(-c4cccc5c6c(oc45)CCc4ccccc4-6)cc3)c3cccc(-c4ccccc4)c3)cc2)cc1. The highest BCUT2D eigenvalue weighted by Crippen LogP contribution is 2.44. The number of benzene rings is 7. The lowest BCUT2D eigenvalue weighted by Crippen LogP contribution is -2.10.